The maximum Gasteiger partial charge on any atom is 0.222 e. The first kappa shape index (κ1) is 19.5. The maximum absolute atomic E-state index is 12.5. The summed E-state index contributed by atoms with van der Waals surface area (Å²) in [6, 6.07) is 15.1. The highest BCUT2D eigenvalue weighted by Crippen LogP contribution is 2.18. The van der Waals surface area contributed by atoms with Gasteiger partial charge < -0.3 is 14.5 Å². The highest BCUT2D eigenvalue weighted by atomic mass is 35.5. The molecule has 3 aromatic rings. The number of nitrogens with zero attached hydrogens (tertiary/aromatic N) is 4. The minimum absolute atomic E-state index is 0.175. The number of fused-ring (bicyclic) bond motifs is 1. The van der Waals surface area contributed by atoms with Crippen LogP contribution in [-0.2, 0) is 4.79 Å². The van der Waals surface area contributed by atoms with E-state index in [0.29, 0.717) is 37.6 Å². The molecule has 1 fully saturated rings. The molecule has 29 heavy (non-hydrogen) atoms. The van der Waals surface area contributed by atoms with Gasteiger partial charge in [-0.25, -0.2) is 4.98 Å². The van der Waals surface area contributed by atoms with E-state index in [1.807, 2.05) is 47.5 Å². The standard InChI is InChI=1S/C22H23ClN4O2/c23-17-7-9-18(10-8-17)29-15-3-6-22(28)27-13-11-26(12-14-27)21-16-24-19-4-1-2-5-20(19)25-21/h1-2,4-5,7-10,16H,3,6,11-15H2. The van der Waals surface area contributed by atoms with Crippen molar-refractivity contribution in [2.45, 2.75) is 12.8 Å². The number of anilines is 1. The van der Waals surface area contributed by atoms with E-state index in [0.717, 1.165) is 35.7 Å². The van der Waals surface area contributed by atoms with Crippen molar-refractivity contribution in [3.8, 4) is 5.75 Å². The smallest absolute Gasteiger partial charge is 0.222 e. The van der Waals surface area contributed by atoms with Crippen LogP contribution >= 0.6 is 11.6 Å². The largest absolute Gasteiger partial charge is 0.494 e. The average Bonchev–Trinajstić information content (AvgIpc) is 2.77. The van der Waals surface area contributed by atoms with Crippen molar-refractivity contribution in [3.05, 3.63) is 59.8 Å². The zero-order chi connectivity index (χ0) is 20.1. The summed E-state index contributed by atoms with van der Waals surface area (Å²) in [6.45, 7) is 3.44. The van der Waals surface area contributed by atoms with Crippen molar-refractivity contribution in [1.82, 2.24) is 14.9 Å². The summed E-state index contributed by atoms with van der Waals surface area (Å²) in [7, 11) is 0. The van der Waals surface area contributed by atoms with Crippen molar-refractivity contribution in [2.75, 3.05) is 37.7 Å². The van der Waals surface area contributed by atoms with Crippen LogP contribution in [-0.4, -0.2) is 53.6 Å². The number of hydrogen-bond donors (Lipinski definition) is 0. The van der Waals surface area contributed by atoms with Crippen LogP contribution in [0, 0.1) is 0 Å². The number of hydrogen-bond acceptors (Lipinski definition) is 5. The van der Waals surface area contributed by atoms with Gasteiger partial charge in [-0.2, -0.15) is 0 Å². The van der Waals surface area contributed by atoms with Crippen LogP contribution in [0.5, 0.6) is 5.75 Å². The Morgan fingerprint density at radius 3 is 2.48 bits per heavy atom. The Morgan fingerprint density at radius 2 is 1.72 bits per heavy atom. The fourth-order valence-electron chi connectivity index (χ4n) is 3.39. The fourth-order valence-corrected chi connectivity index (χ4v) is 3.51. The van der Waals surface area contributed by atoms with E-state index in [4.69, 9.17) is 21.3 Å². The summed E-state index contributed by atoms with van der Waals surface area (Å²) in [5.74, 6) is 1.81. The van der Waals surface area contributed by atoms with E-state index in [-0.39, 0.29) is 5.91 Å². The highest BCUT2D eigenvalue weighted by Gasteiger charge is 2.22. The number of aromatic nitrogens is 2. The number of carbonyl (C=O) groups is 1. The highest BCUT2D eigenvalue weighted by molar-refractivity contribution is 6.30. The van der Waals surface area contributed by atoms with E-state index in [1.54, 1.807) is 12.1 Å². The zero-order valence-corrected chi connectivity index (χ0v) is 16.9. The van der Waals surface area contributed by atoms with E-state index in [9.17, 15) is 4.79 Å². The maximum atomic E-state index is 12.5. The van der Waals surface area contributed by atoms with Gasteiger partial charge in [0.25, 0.3) is 0 Å². The quantitative estimate of drug-likeness (QED) is 0.578. The van der Waals surface area contributed by atoms with Crippen molar-refractivity contribution >= 4 is 34.4 Å². The molecule has 0 spiro atoms. The van der Waals surface area contributed by atoms with Gasteiger partial charge in [-0.15, -0.1) is 0 Å². The first-order chi connectivity index (χ1) is 14.2. The molecule has 7 heteroatoms. The number of benzene rings is 2. The lowest BCUT2D eigenvalue weighted by Crippen LogP contribution is -2.49. The number of piperazine rings is 1. The molecule has 1 aliphatic heterocycles. The summed E-state index contributed by atoms with van der Waals surface area (Å²) >= 11 is 5.86. The van der Waals surface area contributed by atoms with Crippen LogP contribution < -0.4 is 9.64 Å². The predicted octanol–water partition coefficient (Wildman–Crippen LogP) is 3.79. The Labute approximate surface area is 175 Å². The van der Waals surface area contributed by atoms with Crippen LogP contribution in [0.1, 0.15) is 12.8 Å². The Bertz CT molecular complexity index is 972. The molecule has 0 radical (unpaired) electrons. The lowest BCUT2D eigenvalue weighted by Gasteiger charge is -2.35. The zero-order valence-electron chi connectivity index (χ0n) is 16.1. The van der Waals surface area contributed by atoms with Gasteiger partial charge in [-0.1, -0.05) is 23.7 Å². The molecule has 2 heterocycles. The van der Waals surface area contributed by atoms with E-state index >= 15 is 0 Å². The molecule has 0 atom stereocenters. The molecule has 0 aliphatic carbocycles. The Balaban J connectivity index is 1.22. The molecule has 1 aliphatic rings. The van der Waals surface area contributed by atoms with Crippen molar-refractivity contribution in [2.24, 2.45) is 0 Å². The van der Waals surface area contributed by atoms with Crippen LogP contribution in [0.3, 0.4) is 0 Å². The second-order valence-corrected chi connectivity index (χ2v) is 7.43. The summed E-state index contributed by atoms with van der Waals surface area (Å²) in [4.78, 5) is 25.8. The molecule has 0 saturated carbocycles. The first-order valence-corrected chi connectivity index (χ1v) is 10.2. The minimum Gasteiger partial charge on any atom is -0.494 e. The predicted molar refractivity (Wildman–Crippen MR) is 115 cm³/mol. The number of ether oxygens (including phenoxy) is 1. The van der Waals surface area contributed by atoms with Crippen LogP contribution in [0.4, 0.5) is 5.82 Å². The average molecular weight is 411 g/mol. The molecule has 0 bridgehead atoms. The second-order valence-electron chi connectivity index (χ2n) is 6.99. The lowest BCUT2D eigenvalue weighted by atomic mass is 10.2. The SMILES string of the molecule is O=C(CCCOc1ccc(Cl)cc1)N1CCN(c2cnc3ccccc3n2)CC1. The molecule has 150 valence electrons. The Morgan fingerprint density at radius 1 is 1.00 bits per heavy atom. The second kappa shape index (κ2) is 9.09. The molecule has 0 unspecified atom stereocenters. The number of amides is 1. The number of para-hydroxylation sites is 2. The summed E-state index contributed by atoms with van der Waals surface area (Å²) in [5.41, 5.74) is 1.79. The molecule has 4 rings (SSSR count). The van der Waals surface area contributed by atoms with Crippen molar-refractivity contribution < 1.29 is 9.53 Å². The van der Waals surface area contributed by atoms with Gasteiger partial charge >= 0.3 is 0 Å². The van der Waals surface area contributed by atoms with Gasteiger partial charge in [0.15, 0.2) is 0 Å². The lowest BCUT2D eigenvalue weighted by molar-refractivity contribution is -0.131. The van der Waals surface area contributed by atoms with E-state index < -0.39 is 0 Å². The normalized spacial score (nSPS) is 14.2. The third-order valence-corrected chi connectivity index (χ3v) is 5.26. The Hall–Kier alpha value is -2.86. The topological polar surface area (TPSA) is 58.6 Å². The van der Waals surface area contributed by atoms with Crippen LogP contribution in [0.2, 0.25) is 5.02 Å². The molecule has 1 aromatic heterocycles. The first-order valence-electron chi connectivity index (χ1n) is 9.82. The molecule has 2 aromatic carbocycles. The summed E-state index contributed by atoms with van der Waals surface area (Å²) in [6.07, 6.45) is 3.00. The fraction of sp³-hybridized carbons (Fsp3) is 0.318. The third kappa shape index (κ3) is 4.95. The Kier molecular flexibility index (Phi) is 6.10. The van der Waals surface area contributed by atoms with Gasteiger partial charge in [-0.05, 0) is 42.8 Å². The monoisotopic (exact) mass is 410 g/mol. The molecular weight excluding hydrogens is 388 g/mol. The van der Waals surface area contributed by atoms with Crippen molar-refractivity contribution in [3.63, 3.8) is 0 Å². The van der Waals surface area contributed by atoms with Gasteiger partial charge in [0.05, 0.1) is 23.8 Å². The third-order valence-electron chi connectivity index (χ3n) is 5.01. The summed E-state index contributed by atoms with van der Waals surface area (Å²) in [5, 5.41) is 0.682. The van der Waals surface area contributed by atoms with Gasteiger partial charge in [0.1, 0.15) is 11.6 Å². The molecule has 1 saturated heterocycles. The molecule has 6 nitrogen and oxygen atoms in total. The number of halogens is 1. The summed E-state index contributed by atoms with van der Waals surface area (Å²) < 4.78 is 5.66. The molecule has 1 amide bonds. The van der Waals surface area contributed by atoms with E-state index in [2.05, 4.69) is 9.88 Å². The van der Waals surface area contributed by atoms with Gasteiger partial charge in [0, 0.05) is 37.6 Å². The number of carbonyl (C=O) groups excluding carboxylic acids is 1. The molecule has 0 N–H and O–H groups in total. The minimum atomic E-state index is 0.175. The van der Waals surface area contributed by atoms with Crippen molar-refractivity contribution in [1.29, 1.82) is 0 Å². The number of rotatable bonds is 6. The van der Waals surface area contributed by atoms with Gasteiger partial charge in [-0.3, -0.25) is 9.78 Å². The van der Waals surface area contributed by atoms with Gasteiger partial charge in [0.2, 0.25) is 5.91 Å². The van der Waals surface area contributed by atoms with Crippen LogP contribution in [0.15, 0.2) is 54.7 Å². The van der Waals surface area contributed by atoms with E-state index in [1.165, 1.54) is 0 Å². The van der Waals surface area contributed by atoms with Crippen LogP contribution in [0.25, 0.3) is 11.0 Å². The molecular formula is C22H23ClN4O2.